The van der Waals surface area contributed by atoms with Gasteiger partial charge in [0, 0.05) is 0 Å². The molecule has 0 aromatic carbocycles. The van der Waals surface area contributed by atoms with E-state index in [2.05, 4.69) is 4.65 Å². The van der Waals surface area contributed by atoms with Crippen LogP contribution in [-0.2, 0) is 4.65 Å². The summed E-state index contributed by atoms with van der Waals surface area (Å²) in [5, 5.41) is 23.3. The zero-order valence-electron chi connectivity index (χ0n) is 4.33. The number of hydrogen-bond donors (Lipinski definition) is 3. The SMILES string of the molecule is CO[B-](O)(O)O.[H+]. The molecule has 0 heterocycles. The topological polar surface area (TPSA) is 69.9 Å². The van der Waals surface area contributed by atoms with Gasteiger partial charge in [-0.1, -0.05) is 0 Å². The van der Waals surface area contributed by atoms with Gasteiger partial charge in [-0.2, -0.15) is 0 Å². The molecule has 3 N–H and O–H groups in total. The van der Waals surface area contributed by atoms with Crippen LogP contribution in [0.25, 0.3) is 0 Å². The second-order valence-corrected chi connectivity index (χ2v) is 0.898. The fourth-order valence-corrected chi connectivity index (χ4v) is 0. The quantitative estimate of drug-likeness (QED) is 0.334. The molecule has 0 aromatic heterocycles. The van der Waals surface area contributed by atoms with E-state index in [0.29, 0.717) is 0 Å². The van der Waals surface area contributed by atoms with Gasteiger partial charge in [0.25, 0.3) is 0 Å². The van der Waals surface area contributed by atoms with Gasteiger partial charge in [0.2, 0.25) is 0 Å². The van der Waals surface area contributed by atoms with Gasteiger partial charge in [0.15, 0.2) is 0 Å². The fourth-order valence-electron chi connectivity index (χ4n) is 0. The molecule has 0 aliphatic heterocycles. The predicted octanol–water partition coefficient (Wildman–Crippen LogP) is -1.84. The fraction of sp³-hybridized carbons (Fsp3) is 1.00. The Morgan fingerprint density at radius 2 is 1.67 bits per heavy atom. The molecule has 0 saturated carbocycles. The first-order valence-electron chi connectivity index (χ1n) is 1.42. The van der Waals surface area contributed by atoms with E-state index in [1.807, 2.05) is 0 Å². The molecule has 0 aromatic rings. The molecular formula is CH7BO4. The minimum absolute atomic E-state index is 0. The van der Waals surface area contributed by atoms with Crippen molar-refractivity contribution in [3.05, 3.63) is 0 Å². The lowest BCUT2D eigenvalue weighted by Gasteiger charge is -2.16. The summed E-state index contributed by atoms with van der Waals surface area (Å²) < 4.78 is 3.67. The summed E-state index contributed by atoms with van der Waals surface area (Å²) >= 11 is 0. The van der Waals surface area contributed by atoms with Crippen molar-refractivity contribution in [2.45, 2.75) is 0 Å². The minimum Gasteiger partial charge on any atom is -0.534 e. The first-order chi connectivity index (χ1) is 2.56. The summed E-state index contributed by atoms with van der Waals surface area (Å²) in [6.07, 6.45) is 0. The summed E-state index contributed by atoms with van der Waals surface area (Å²) in [5.74, 6) is 0. The number of rotatable bonds is 1. The molecule has 0 atom stereocenters. The van der Waals surface area contributed by atoms with Crippen LogP contribution < -0.4 is 0 Å². The Hall–Kier alpha value is -0.0951. The molecule has 0 fully saturated rings. The van der Waals surface area contributed by atoms with Gasteiger partial charge in [-0.3, -0.25) is 0 Å². The molecule has 6 heavy (non-hydrogen) atoms. The van der Waals surface area contributed by atoms with Crippen LogP contribution in [0.15, 0.2) is 0 Å². The summed E-state index contributed by atoms with van der Waals surface area (Å²) in [6.45, 7) is -3.49. The Labute approximate surface area is 36.5 Å². The highest BCUT2D eigenvalue weighted by atomic mass is 16.7. The van der Waals surface area contributed by atoms with E-state index in [-0.39, 0.29) is 1.43 Å². The lowest BCUT2D eigenvalue weighted by Crippen LogP contribution is -2.37. The molecule has 5 heteroatoms. The van der Waals surface area contributed by atoms with Crippen LogP contribution in [-0.4, -0.2) is 29.1 Å². The molecule has 0 unspecified atom stereocenters. The standard InChI is InChI=1S/CH6BO4/c1-6-2(3,4)5/h3-5H,1H3/q-1/p+1. The van der Waals surface area contributed by atoms with Gasteiger partial charge < -0.3 is 19.7 Å². The highest BCUT2D eigenvalue weighted by molar-refractivity contribution is 6.48. The average Bonchev–Trinajstić information content (AvgIpc) is 1.35. The van der Waals surface area contributed by atoms with Crippen molar-refractivity contribution in [3.8, 4) is 0 Å². The van der Waals surface area contributed by atoms with Crippen LogP contribution in [0, 0.1) is 0 Å². The second kappa shape index (κ2) is 1.57. The van der Waals surface area contributed by atoms with E-state index in [1.54, 1.807) is 0 Å². The zero-order chi connectivity index (χ0) is 5.21. The Morgan fingerprint density at radius 3 is 1.67 bits per heavy atom. The zero-order valence-corrected chi connectivity index (χ0v) is 3.33. The van der Waals surface area contributed by atoms with Crippen molar-refractivity contribution >= 4 is 6.96 Å². The van der Waals surface area contributed by atoms with Crippen molar-refractivity contribution in [2.24, 2.45) is 0 Å². The van der Waals surface area contributed by atoms with Crippen LogP contribution in [0.3, 0.4) is 0 Å². The van der Waals surface area contributed by atoms with E-state index < -0.39 is 6.96 Å². The summed E-state index contributed by atoms with van der Waals surface area (Å²) in [7, 11) is 0.986. The Balaban J connectivity index is 0. The lowest BCUT2D eigenvalue weighted by molar-refractivity contribution is 0.0881. The lowest BCUT2D eigenvalue weighted by atomic mass is 10.1. The van der Waals surface area contributed by atoms with Crippen molar-refractivity contribution in [3.63, 3.8) is 0 Å². The normalized spacial score (nSPS) is 12.0. The highest BCUT2D eigenvalue weighted by Gasteiger charge is 2.12. The Morgan fingerprint density at radius 1 is 1.50 bits per heavy atom. The molecule has 4 nitrogen and oxygen atoms in total. The Bertz CT molecular complexity index is 41.4. The molecule has 0 aliphatic rings. The van der Waals surface area contributed by atoms with Crippen molar-refractivity contribution in [1.29, 1.82) is 0 Å². The molecule has 0 radical (unpaired) electrons. The molecule has 38 valence electrons. The van der Waals surface area contributed by atoms with Crippen LogP contribution in [0.4, 0.5) is 0 Å². The van der Waals surface area contributed by atoms with Gasteiger partial charge >= 0.3 is 8.38 Å². The molecule has 0 aliphatic carbocycles. The van der Waals surface area contributed by atoms with Crippen molar-refractivity contribution in [1.82, 2.24) is 0 Å². The maximum Gasteiger partial charge on any atom is 1.00 e. The first kappa shape index (κ1) is 5.90. The third-order valence-electron chi connectivity index (χ3n) is 0.316. The van der Waals surface area contributed by atoms with E-state index in [1.165, 1.54) is 0 Å². The van der Waals surface area contributed by atoms with Gasteiger partial charge in [-0.05, 0) is 7.11 Å². The van der Waals surface area contributed by atoms with Crippen LogP contribution >= 0.6 is 0 Å². The van der Waals surface area contributed by atoms with Gasteiger partial charge in [0.05, 0.1) is 0 Å². The summed E-state index contributed by atoms with van der Waals surface area (Å²) in [4.78, 5) is 0. The molecule has 0 spiro atoms. The van der Waals surface area contributed by atoms with E-state index >= 15 is 0 Å². The number of hydrogen-bond acceptors (Lipinski definition) is 4. The Kier molecular flexibility index (Phi) is 1.54. The summed E-state index contributed by atoms with van der Waals surface area (Å²) in [5.41, 5.74) is 0. The maximum atomic E-state index is 7.78. The first-order valence-corrected chi connectivity index (χ1v) is 1.42. The molecule has 0 amide bonds. The van der Waals surface area contributed by atoms with Crippen LogP contribution in [0.2, 0.25) is 0 Å². The van der Waals surface area contributed by atoms with Gasteiger partial charge in [0.1, 0.15) is 0 Å². The van der Waals surface area contributed by atoms with Crippen molar-refractivity contribution in [2.75, 3.05) is 7.11 Å². The smallest absolute Gasteiger partial charge is 0.534 e. The van der Waals surface area contributed by atoms with E-state index in [9.17, 15) is 0 Å². The average molecular weight is 93.9 g/mol. The predicted molar refractivity (Wildman–Crippen MR) is 20.5 cm³/mol. The second-order valence-electron chi connectivity index (χ2n) is 0.898. The van der Waals surface area contributed by atoms with Gasteiger partial charge in [-0.15, -0.1) is 0 Å². The minimum atomic E-state index is -3.49. The van der Waals surface area contributed by atoms with E-state index in [4.69, 9.17) is 15.1 Å². The largest absolute Gasteiger partial charge is 1.00 e. The molecule has 0 saturated heterocycles. The monoisotopic (exact) mass is 94.0 g/mol. The van der Waals surface area contributed by atoms with Crippen LogP contribution in [0.1, 0.15) is 1.43 Å². The molecule has 0 rings (SSSR count). The third-order valence-corrected chi connectivity index (χ3v) is 0.316. The van der Waals surface area contributed by atoms with Crippen molar-refractivity contribution < 1.29 is 21.2 Å². The third kappa shape index (κ3) is 3.90. The highest BCUT2D eigenvalue weighted by Crippen LogP contribution is 1.80. The van der Waals surface area contributed by atoms with Gasteiger partial charge in [-0.25, -0.2) is 0 Å². The van der Waals surface area contributed by atoms with Crippen LogP contribution in [0.5, 0.6) is 0 Å². The summed E-state index contributed by atoms with van der Waals surface area (Å²) in [6, 6.07) is 0. The molecular weight excluding hydrogens is 86.8 g/mol. The molecule has 0 bridgehead atoms. The van der Waals surface area contributed by atoms with E-state index in [0.717, 1.165) is 7.11 Å². The maximum absolute atomic E-state index is 7.78.